The second-order valence-corrected chi connectivity index (χ2v) is 5.89. The van der Waals surface area contributed by atoms with Crippen molar-refractivity contribution in [1.82, 2.24) is 4.90 Å². The van der Waals surface area contributed by atoms with Gasteiger partial charge < -0.3 is 15.4 Å². The van der Waals surface area contributed by atoms with Gasteiger partial charge in [-0.25, -0.2) is 0 Å². The van der Waals surface area contributed by atoms with Crippen molar-refractivity contribution >= 4 is 5.91 Å². The lowest BCUT2D eigenvalue weighted by Crippen LogP contribution is -2.44. The molecule has 0 aromatic heterocycles. The fourth-order valence-electron chi connectivity index (χ4n) is 2.67. The molecule has 1 unspecified atom stereocenters. The summed E-state index contributed by atoms with van der Waals surface area (Å²) in [6.45, 7) is 2.91. The lowest BCUT2D eigenvalue weighted by molar-refractivity contribution is -0.137. The molecule has 1 aromatic rings. The van der Waals surface area contributed by atoms with Gasteiger partial charge in [0.1, 0.15) is 5.75 Å². The highest BCUT2D eigenvalue weighted by Crippen LogP contribution is 2.31. The van der Waals surface area contributed by atoms with E-state index in [1.54, 1.807) is 4.90 Å². The highest BCUT2D eigenvalue weighted by atomic mass is 19.4. The maximum atomic E-state index is 12.6. The Labute approximate surface area is 133 Å². The summed E-state index contributed by atoms with van der Waals surface area (Å²) in [5.74, 6) is 0.229. The summed E-state index contributed by atoms with van der Waals surface area (Å²) in [5.41, 5.74) is 5.06. The van der Waals surface area contributed by atoms with E-state index in [-0.39, 0.29) is 24.3 Å². The molecule has 0 bridgehead atoms. The smallest absolute Gasteiger partial charge is 0.416 e. The molecule has 128 valence electrons. The van der Waals surface area contributed by atoms with E-state index in [1.807, 2.05) is 6.92 Å². The first-order chi connectivity index (χ1) is 10.8. The van der Waals surface area contributed by atoms with Crippen molar-refractivity contribution in [2.45, 2.75) is 32.0 Å². The molecule has 1 aromatic carbocycles. The van der Waals surface area contributed by atoms with Crippen molar-refractivity contribution in [2.75, 3.05) is 19.7 Å². The van der Waals surface area contributed by atoms with Crippen LogP contribution in [0.5, 0.6) is 5.75 Å². The average molecular weight is 330 g/mol. The zero-order valence-electron chi connectivity index (χ0n) is 13.0. The topological polar surface area (TPSA) is 55.6 Å². The van der Waals surface area contributed by atoms with Gasteiger partial charge in [0, 0.05) is 19.1 Å². The van der Waals surface area contributed by atoms with Gasteiger partial charge in [0.2, 0.25) is 0 Å². The van der Waals surface area contributed by atoms with Crippen LogP contribution in [0.2, 0.25) is 0 Å². The van der Waals surface area contributed by atoms with E-state index < -0.39 is 11.7 Å². The number of alkyl halides is 3. The van der Waals surface area contributed by atoms with Crippen molar-refractivity contribution < 1.29 is 22.7 Å². The average Bonchev–Trinajstić information content (AvgIpc) is 2.52. The normalized spacial score (nSPS) is 17.9. The van der Waals surface area contributed by atoms with Gasteiger partial charge in [-0.1, -0.05) is 6.07 Å². The number of rotatable bonds is 4. The van der Waals surface area contributed by atoms with Crippen LogP contribution in [-0.2, 0) is 11.0 Å². The molecule has 0 radical (unpaired) electrons. The number of halogens is 3. The lowest BCUT2D eigenvalue weighted by atomic mass is 9.91. The molecular weight excluding hydrogens is 309 g/mol. The number of amides is 1. The fourth-order valence-corrected chi connectivity index (χ4v) is 2.67. The quantitative estimate of drug-likeness (QED) is 0.923. The summed E-state index contributed by atoms with van der Waals surface area (Å²) in [5, 5.41) is 0. The maximum absolute atomic E-state index is 12.6. The molecule has 0 spiro atoms. The minimum atomic E-state index is -4.43. The van der Waals surface area contributed by atoms with E-state index in [2.05, 4.69) is 0 Å². The number of nitrogens with zero attached hydrogens (tertiary/aromatic N) is 1. The molecule has 4 nitrogen and oxygen atoms in total. The first kappa shape index (κ1) is 17.6. The number of piperidine rings is 1. The van der Waals surface area contributed by atoms with Crippen LogP contribution in [0.3, 0.4) is 0 Å². The van der Waals surface area contributed by atoms with Gasteiger partial charge in [0.15, 0.2) is 6.61 Å². The Morgan fingerprint density at radius 1 is 1.39 bits per heavy atom. The summed E-state index contributed by atoms with van der Waals surface area (Å²) in [7, 11) is 0. The van der Waals surface area contributed by atoms with Crippen LogP contribution in [0.4, 0.5) is 13.2 Å². The molecule has 0 aliphatic carbocycles. The molecule has 7 heteroatoms. The van der Waals surface area contributed by atoms with Crippen LogP contribution in [0.1, 0.15) is 25.3 Å². The van der Waals surface area contributed by atoms with E-state index in [0.29, 0.717) is 19.0 Å². The van der Waals surface area contributed by atoms with Crippen molar-refractivity contribution in [2.24, 2.45) is 11.7 Å². The van der Waals surface area contributed by atoms with E-state index in [9.17, 15) is 18.0 Å². The molecule has 1 atom stereocenters. The van der Waals surface area contributed by atoms with Crippen LogP contribution in [-0.4, -0.2) is 36.5 Å². The highest BCUT2D eigenvalue weighted by Gasteiger charge is 2.30. The predicted octanol–water partition coefficient (Wildman–Crippen LogP) is 2.67. The summed E-state index contributed by atoms with van der Waals surface area (Å²) in [6.07, 6.45) is -2.75. The van der Waals surface area contributed by atoms with Crippen LogP contribution in [0.15, 0.2) is 24.3 Å². The molecule has 2 rings (SSSR count). The molecule has 0 saturated carbocycles. The maximum Gasteiger partial charge on any atom is 0.416 e. The Morgan fingerprint density at radius 3 is 2.61 bits per heavy atom. The van der Waals surface area contributed by atoms with E-state index in [4.69, 9.17) is 10.5 Å². The molecular formula is C16H21F3N2O2. The number of carbonyl (C=O) groups is 1. The van der Waals surface area contributed by atoms with E-state index in [0.717, 1.165) is 25.0 Å². The third kappa shape index (κ3) is 4.86. The van der Waals surface area contributed by atoms with Gasteiger partial charge >= 0.3 is 6.18 Å². The van der Waals surface area contributed by atoms with Crippen molar-refractivity contribution in [3.8, 4) is 5.75 Å². The van der Waals surface area contributed by atoms with Gasteiger partial charge in [0.25, 0.3) is 5.91 Å². The van der Waals surface area contributed by atoms with Gasteiger partial charge in [0.05, 0.1) is 5.56 Å². The van der Waals surface area contributed by atoms with Gasteiger partial charge in [-0.3, -0.25) is 4.79 Å². The van der Waals surface area contributed by atoms with E-state index >= 15 is 0 Å². The van der Waals surface area contributed by atoms with Gasteiger partial charge in [-0.15, -0.1) is 0 Å². The second kappa shape index (κ2) is 7.21. The first-order valence-electron chi connectivity index (χ1n) is 7.61. The van der Waals surface area contributed by atoms with E-state index in [1.165, 1.54) is 12.1 Å². The number of hydrogen-bond donors (Lipinski definition) is 1. The summed E-state index contributed by atoms with van der Waals surface area (Å²) < 4.78 is 43.1. The van der Waals surface area contributed by atoms with Crippen LogP contribution in [0, 0.1) is 5.92 Å². The number of nitrogens with two attached hydrogens (primary N) is 1. The summed E-state index contributed by atoms with van der Waals surface area (Å²) in [6, 6.07) is 4.64. The van der Waals surface area contributed by atoms with Crippen molar-refractivity contribution in [3.63, 3.8) is 0 Å². The van der Waals surface area contributed by atoms with Crippen molar-refractivity contribution in [3.05, 3.63) is 29.8 Å². The molecule has 1 amide bonds. The zero-order chi connectivity index (χ0) is 17.0. The zero-order valence-corrected chi connectivity index (χ0v) is 13.0. The van der Waals surface area contributed by atoms with Crippen molar-refractivity contribution in [1.29, 1.82) is 0 Å². The molecule has 1 aliphatic heterocycles. The van der Waals surface area contributed by atoms with Crippen LogP contribution in [0.25, 0.3) is 0 Å². The molecule has 1 fully saturated rings. The third-order valence-corrected chi connectivity index (χ3v) is 4.16. The first-order valence-corrected chi connectivity index (χ1v) is 7.61. The largest absolute Gasteiger partial charge is 0.484 e. The standard InChI is InChI=1S/C16H21F3N2O2/c1-11(20)12-5-7-21(8-6-12)15(22)10-23-14-4-2-3-13(9-14)16(17,18)19/h2-4,9,11-12H,5-8,10,20H2,1H3. The molecule has 23 heavy (non-hydrogen) atoms. The SMILES string of the molecule is CC(N)C1CCN(C(=O)COc2cccc(C(F)(F)F)c2)CC1. The minimum Gasteiger partial charge on any atom is -0.484 e. The molecule has 1 saturated heterocycles. The summed E-state index contributed by atoms with van der Waals surface area (Å²) >= 11 is 0. The Balaban J connectivity index is 1.86. The number of likely N-dealkylation sites (tertiary alicyclic amines) is 1. The molecule has 1 aliphatic rings. The van der Waals surface area contributed by atoms with Crippen LogP contribution >= 0.6 is 0 Å². The number of benzene rings is 1. The number of hydrogen-bond acceptors (Lipinski definition) is 3. The monoisotopic (exact) mass is 330 g/mol. The van der Waals surface area contributed by atoms with Gasteiger partial charge in [-0.05, 0) is 43.9 Å². The second-order valence-electron chi connectivity index (χ2n) is 5.89. The fraction of sp³-hybridized carbons (Fsp3) is 0.562. The Bertz CT molecular complexity index is 538. The number of carbonyl (C=O) groups excluding carboxylic acids is 1. The Kier molecular flexibility index (Phi) is 5.51. The predicted molar refractivity (Wildman–Crippen MR) is 79.9 cm³/mol. The highest BCUT2D eigenvalue weighted by molar-refractivity contribution is 5.77. The van der Waals surface area contributed by atoms with Crippen LogP contribution < -0.4 is 10.5 Å². The molecule has 1 heterocycles. The summed E-state index contributed by atoms with van der Waals surface area (Å²) in [4.78, 5) is 13.8. The Hall–Kier alpha value is -1.76. The van der Waals surface area contributed by atoms with Gasteiger partial charge in [-0.2, -0.15) is 13.2 Å². The minimum absolute atomic E-state index is 0.0404. The molecule has 2 N–H and O–H groups in total. The lowest BCUT2D eigenvalue weighted by Gasteiger charge is -2.33. The Morgan fingerprint density at radius 2 is 2.04 bits per heavy atom. The number of ether oxygens (including phenoxy) is 1. The third-order valence-electron chi connectivity index (χ3n) is 4.16.